The summed E-state index contributed by atoms with van der Waals surface area (Å²) in [4.78, 5) is 38.4. The summed E-state index contributed by atoms with van der Waals surface area (Å²) in [7, 11) is 0. The van der Waals surface area contributed by atoms with Crippen LogP contribution in [0.5, 0.6) is 0 Å². The number of carbonyl (C=O) groups excluding carboxylic acids is 3. The van der Waals surface area contributed by atoms with E-state index in [4.69, 9.17) is 9.47 Å². The molecule has 12 heteroatoms. The third-order valence-electron chi connectivity index (χ3n) is 4.72. The standard InChI is InChI=1S/C16H23N5O6S/c1-15(2,3)13(24)26-9-27-14(25)16(4-5-20-8-17-18-19-20)7-21-11(23)10(6-22)12(21)28-16/h8,10,12,22H,4-7,9H2,1-3H3/t10-,12+,16?/m0/s1. The molecule has 3 atom stereocenters. The van der Waals surface area contributed by atoms with Gasteiger partial charge >= 0.3 is 11.9 Å². The lowest BCUT2D eigenvalue weighted by Crippen LogP contribution is -2.58. The molecule has 1 aromatic heterocycles. The van der Waals surface area contributed by atoms with Crippen molar-refractivity contribution in [2.45, 2.75) is 43.9 Å². The summed E-state index contributed by atoms with van der Waals surface area (Å²) in [6.45, 7) is 4.83. The molecular formula is C16H23N5O6S. The second-order valence-corrected chi connectivity index (χ2v) is 9.31. The molecular weight excluding hydrogens is 390 g/mol. The Morgan fingerprint density at radius 3 is 2.75 bits per heavy atom. The molecule has 0 radical (unpaired) electrons. The zero-order valence-electron chi connectivity index (χ0n) is 15.9. The van der Waals surface area contributed by atoms with E-state index in [1.165, 1.54) is 22.8 Å². The van der Waals surface area contributed by atoms with Crippen molar-refractivity contribution in [3.05, 3.63) is 6.33 Å². The van der Waals surface area contributed by atoms with E-state index in [0.717, 1.165) is 0 Å². The number of ether oxygens (including phenoxy) is 2. The van der Waals surface area contributed by atoms with Gasteiger partial charge < -0.3 is 19.5 Å². The van der Waals surface area contributed by atoms with E-state index in [0.29, 0.717) is 13.0 Å². The SMILES string of the molecule is CC(C)(C)C(=O)OCOC(=O)C1(CCn2cnnn2)CN2C(=O)[C@H](CO)[C@H]2S1. The number of aliphatic hydroxyl groups is 1. The zero-order valence-corrected chi connectivity index (χ0v) is 16.7. The summed E-state index contributed by atoms with van der Waals surface area (Å²) in [6.07, 6.45) is 1.74. The molecule has 1 amide bonds. The second-order valence-electron chi connectivity index (χ2n) is 7.81. The lowest BCUT2D eigenvalue weighted by molar-refractivity contribution is -0.174. The molecule has 2 aliphatic rings. The Bertz CT molecular complexity index is 751. The molecule has 0 aromatic carbocycles. The Morgan fingerprint density at radius 2 is 2.14 bits per heavy atom. The minimum Gasteiger partial charge on any atom is -0.427 e. The van der Waals surface area contributed by atoms with Crippen LogP contribution in [0, 0.1) is 11.3 Å². The highest BCUT2D eigenvalue weighted by molar-refractivity contribution is 8.02. The Morgan fingerprint density at radius 1 is 1.39 bits per heavy atom. The molecule has 0 spiro atoms. The van der Waals surface area contributed by atoms with Gasteiger partial charge in [-0.05, 0) is 37.6 Å². The molecule has 0 aliphatic carbocycles. The highest BCUT2D eigenvalue weighted by atomic mass is 32.2. The third-order valence-corrected chi connectivity index (χ3v) is 6.50. The molecule has 1 aromatic rings. The van der Waals surface area contributed by atoms with Gasteiger partial charge in [0.15, 0.2) is 0 Å². The van der Waals surface area contributed by atoms with E-state index >= 15 is 0 Å². The normalized spacial score (nSPS) is 26.6. The quantitative estimate of drug-likeness (QED) is 0.351. The second kappa shape index (κ2) is 7.66. The first-order chi connectivity index (χ1) is 13.2. The van der Waals surface area contributed by atoms with Gasteiger partial charge in [-0.2, -0.15) is 0 Å². The summed E-state index contributed by atoms with van der Waals surface area (Å²) in [5.74, 6) is -1.77. The maximum Gasteiger partial charge on any atom is 0.327 e. The number of aliphatic hydroxyl groups excluding tert-OH is 1. The average molecular weight is 413 g/mol. The number of nitrogens with zero attached hydrogens (tertiary/aromatic N) is 5. The van der Waals surface area contributed by atoms with Crippen LogP contribution in [0.15, 0.2) is 6.33 Å². The number of hydrogen-bond acceptors (Lipinski definition) is 10. The highest BCUT2D eigenvalue weighted by Crippen LogP contribution is 2.51. The van der Waals surface area contributed by atoms with E-state index in [1.807, 2.05) is 0 Å². The summed E-state index contributed by atoms with van der Waals surface area (Å²) >= 11 is 1.29. The van der Waals surface area contributed by atoms with Gasteiger partial charge in [-0.3, -0.25) is 14.4 Å². The van der Waals surface area contributed by atoms with Gasteiger partial charge in [0.25, 0.3) is 0 Å². The molecule has 0 saturated carbocycles. The lowest BCUT2D eigenvalue weighted by atomic mass is 9.96. The first kappa shape index (κ1) is 20.5. The van der Waals surface area contributed by atoms with Gasteiger partial charge in [0.2, 0.25) is 12.7 Å². The molecule has 3 rings (SSSR count). The van der Waals surface area contributed by atoms with Crippen molar-refractivity contribution >= 4 is 29.6 Å². The Kier molecular flexibility index (Phi) is 5.62. The van der Waals surface area contributed by atoms with Crippen molar-refractivity contribution < 1.29 is 29.0 Å². The predicted octanol–water partition coefficient (Wildman–Crippen LogP) is -0.584. The molecule has 1 unspecified atom stereocenters. The van der Waals surface area contributed by atoms with Crippen molar-refractivity contribution in [1.82, 2.24) is 25.1 Å². The highest BCUT2D eigenvalue weighted by Gasteiger charge is 2.61. The molecule has 11 nitrogen and oxygen atoms in total. The lowest BCUT2D eigenvalue weighted by Gasteiger charge is -2.40. The number of fused-ring (bicyclic) bond motifs is 1. The fourth-order valence-electron chi connectivity index (χ4n) is 3.04. The minimum absolute atomic E-state index is 0.159. The number of aromatic nitrogens is 4. The van der Waals surface area contributed by atoms with E-state index < -0.39 is 34.8 Å². The van der Waals surface area contributed by atoms with E-state index in [2.05, 4.69) is 15.5 Å². The number of carbonyl (C=O) groups is 3. The summed E-state index contributed by atoms with van der Waals surface area (Å²) in [5.41, 5.74) is -0.710. The molecule has 2 fully saturated rings. The summed E-state index contributed by atoms with van der Waals surface area (Å²) < 4.78 is 10.7. The monoisotopic (exact) mass is 413 g/mol. The molecule has 2 saturated heterocycles. The van der Waals surface area contributed by atoms with Gasteiger partial charge in [0.05, 0.1) is 23.3 Å². The van der Waals surface area contributed by atoms with Gasteiger partial charge in [0, 0.05) is 13.1 Å². The number of β-lactam (4-membered cyclic amide) rings is 1. The van der Waals surface area contributed by atoms with Crippen LogP contribution in [0.2, 0.25) is 0 Å². The first-order valence-corrected chi connectivity index (χ1v) is 9.70. The van der Waals surface area contributed by atoms with E-state index in [9.17, 15) is 19.5 Å². The zero-order chi connectivity index (χ0) is 20.5. The van der Waals surface area contributed by atoms with Gasteiger partial charge in [-0.1, -0.05) is 0 Å². The smallest absolute Gasteiger partial charge is 0.327 e. The Balaban J connectivity index is 1.67. The molecule has 154 valence electrons. The van der Waals surface area contributed by atoms with Crippen LogP contribution in [0.3, 0.4) is 0 Å². The number of rotatable bonds is 7. The largest absolute Gasteiger partial charge is 0.427 e. The third kappa shape index (κ3) is 3.83. The predicted molar refractivity (Wildman–Crippen MR) is 95.3 cm³/mol. The van der Waals surface area contributed by atoms with Crippen molar-refractivity contribution in [2.75, 3.05) is 19.9 Å². The average Bonchev–Trinajstić information content (AvgIpc) is 3.26. The Labute approximate surface area is 165 Å². The number of thioether (sulfide) groups is 1. The van der Waals surface area contributed by atoms with Crippen LogP contribution >= 0.6 is 11.8 Å². The Hall–Kier alpha value is -2.21. The van der Waals surface area contributed by atoms with Gasteiger partial charge in [0.1, 0.15) is 11.1 Å². The fraction of sp³-hybridized carbons (Fsp3) is 0.750. The van der Waals surface area contributed by atoms with Gasteiger partial charge in [-0.15, -0.1) is 16.9 Å². The van der Waals surface area contributed by atoms with Crippen LogP contribution in [0.4, 0.5) is 0 Å². The minimum atomic E-state index is -1.05. The van der Waals surface area contributed by atoms with Gasteiger partial charge in [-0.25, -0.2) is 4.68 Å². The summed E-state index contributed by atoms with van der Waals surface area (Å²) in [5, 5.41) is 20.0. The molecule has 2 aliphatic heterocycles. The maximum absolute atomic E-state index is 12.9. The van der Waals surface area contributed by atoms with Crippen LogP contribution in [-0.2, 0) is 30.4 Å². The number of amides is 1. The maximum atomic E-state index is 12.9. The van der Waals surface area contributed by atoms with Crippen LogP contribution in [0.1, 0.15) is 27.2 Å². The first-order valence-electron chi connectivity index (χ1n) is 8.82. The van der Waals surface area contributed by atoms with Crippen molar-refractivity contribution in [3.8, 4) is 0 Å². The number of tetrazole rings is 1. The van der Waals surface area contributed by atoms with Crippen molar-refractivity contribution in [3.63, 3.8) is 0 Å². The molecule has 28 heavy (non-hydrogen) atoms. The van der Waals surface area contributed by atoms with Crippen LogP contribution in [-0.4, -0.2) is 78.1 Å². The van der Waals surface area contributed by atoms with Crippen LogP contribution in [0.25, 0.3) is 0 Å². The fourth-order valence-corrected chi connectivity index (χ4v) is 4.75. The van der Waals surface area contributed by atoms with Crippen LogP contribution < -0.4 is 0 Å². The molecule has 1 N–H and O–H groups in total. The summed E-state index contributed by atoms with van der Waals surface area (Å²) in [6, 6.07) is 0. The topological polar surface area (TPSA) is 137 Å². The van der Waals surface area contributed by atoms with Crippen molar-refractivity contribution in [1.29, 1.82) is 0 Å². The van der Waals surface area contributed by atoms with E-state index in [1.54, 1.807) is 25.7 Å². The molecule has 3 heterocycles. The number of esters is 2. The number of hydrogen-bond donors (Lipinski definition) is 1. The molecule has 0 bridgehead atoms. The van der Waals surface area contributed by atoms with Crippen molar-refractivity contribution in [2.24, 2.45) is 11.3 Å². The number of aryl methyl sites for hydroxylation is 1. The van der Waals surface area contributed by atoms with E-state index in [-0.39, 0.29) is 24.4 Å².